The Labute approximate surface area is 118 Å². The summed E-state index contributed by atoms with van der Waals surface area (Å²) in [4.78, 5) is 10.9. The summed E-state index contributed by atoms with van der Waals surface area (Å²) < 4.78 is 31.6. The van der Waals surface area contributed by atoms with Crippen molar-refractivity contribution in [3.8, 4) is 0 Å². The van der Waals surface area contributed by atoms with Crippen molar-refractivity contribution >= 4 is 21.6 Å². The number of nitrogens with one attached hydrogen (secondary N) is 1. The van der Waals surface area contributed by atoms with Crippen LogP contribution in [0.2, 0.25) is 0 Å². The fourth-order valence-corrected chi connectivity index (χ4v) is 2.73. The van der Waals surface area contributed by atoms with Gasteiger partial charge in [0.25, 0.3) is 0 Å². The minimum absolute atomic E-state index is 0.0152. The zero-order chi connectivity index (χ0) is 15.2. The van der Waals surface area contributed by atoms with Gasteiger partial charge < -0.3 is 16.2 Å². The van der Waals surface area contributed by atoms with Gasteiger partial charge in [0, 0.05) is 25.3 Å². The van der Waals surface area contributed by atoms with Crippen molar-refractivity contribution in [3.63, 3.8) is 0 Å². The summed E-state index contributed by atoms with van der Waals surface area (Å²) in [5.41, 5.74) is 10.9. The number of sulfonamides is 1. The van der Waals surface area contributed by atoms with Gasteiger partial charge in [0.2, 0.25) is 15.9 Å². The third-order valence-electron chi connectivity index (χ3n) is 2.55. The lowest BCUT2D eigenvalue weighted by atomic mass is 10.2. The number of amides is 1. The zero-order valence-electron chi connectivity index (χ0n) is 11.3. The molecular formula is C12H19N3O4S. The SMILES string of the molecule is CCOCCCNS(=O)(=O)c1ccc(C(N)=O)cc1N. The molecule has 1 aromatic carbocycles. The van der Waals surface area contributed by atoms with E-state index in [0.29, 0.717) is 19.6 Å². The smallest absolute Gasteiger partial charge is 0.248 e. The third kappa shape index (κ3) is 4.48. The molecule has 0 aliphatic carbocycles. The van der Waals surface area contributed by atoms with E-state index in [-0.39, 0.29) is 22.7 Å². The van der Waals surface area contributed by atoms with Crippen LogP contribution in [0.4, 0.5) is 5.69 Å². The molecule has 0 fully saturated rings. The number of benzene rings is 1. The molecule has 0 bridgehead atoms. The van der Waals surface area contributed by atoms with E-state index in [1.54, 1.807) is 0 Å². The van der Waals surface area contributed by atoms with Crippen molar-refractivity contribution < 1.29 is 17.9 Å². The van der Waals surface area contributed by atoms with Gasteiger partial charge >= 0.3 is 0 Å². The lowest BCUT2D eigenvalue weighted by Gasteiger charge is -2.10. The number of hydrogen-bond acceptors (Lipinski definition) is 5. The summed E-state index contributed by atoms with van der Waals surface area (Å²) in [6.45, 7) is 3.19. The van der Waals surface area contributed by atoms with E-state index in [1.165, 1.54) is 18.2 Å². The van der Waals surface area contributed by atoms with Gasteiger partial charge in [-0.3, -0.25) is 4.79 Å². The van der Waals surface area contributed by atoms with Crippen LogP contribution in [0.3, 0.4) is 0 Å². The molecule has 7 nitrogen and oxygen atoms in total. The maximum absolute atomic E-state index is 12.0. The van der Waals surface area contributed by atoms with Gasteiger partial charge in [-0.25, -0.2) is 13.1 Å². The molecule has 5 N–H and O–H groups in total. The quantitative estimate of drug-likeness (QED) is 0.463. The summed E-state index contributed by atoms with van der Waals surface area (Å²) >= 11 is 0. The van der Waals surface area contributed by atoms with E-state index < -0.39 is 15.9 Å². The van der Waals surface area contributed by atoms with Crippen LogP contribution in [0.1, 0.15) is 23.7 Å². The van der Waals surface area contributed by atoms with E-state index in [4.69, 9.17) is 16.2 Å². The number of carbonyl (C=O) groups excluding carboxylic acids is 1. The van der Waals surface area contributed by atoms with Crippen molar-refractivity contribution in [1.82, 2.24) is 4.72 Å². The minimum Gasteiger partial charge on any atom is -0.398 e. The Morgan fingerprint density at radius 3 is 2.65 bits per heavy atom. The zero-order valence-corrected chi connectivity index (χ0v) is 12.1. The Balaban J connectivity index is 2.75. The van der Waals surface area contributed by atoms with Gasteiger partial charge in [-0.1, -0.05) is 0 Å². The highest BCUT2D eigenvalue weighted by Gasteiger charge is 2.17. The number of anilines is 1. The molecule has 1 amide bonds. The number of hydrogen-bond donors (Lipinski definition) is 3. The molecule has 20 heavy (non-hydrogen) atoms. The first-order valence-electron chi connectivity index (χ1n) is 6.15. The molecule has 112 valence electrons. The lowest BCUT2D eigenvalue weighted by molar-refractivity contribution is 0.1000. The first-order chi connectivity index (χ1) is 9.38. The molecule has 1 aromatic rings. The van der Waals surface area contributed by atoms with Crippen LogP contribution in [0.15, 0.2) is 23.1 Å². The summed E-state index contributed by atoms with van der Waals surface area (Å²) in [6, 6.07) is 3.84. The molecule has 0 aromatic heterocycles. The lowest BCUT2D eigenvalue weighted by Crippen LogP contribution is -2.26. The first-order valence-corrected chi connectivity index (χ1v) is 7.63. The summed E-state index contributed by atoms with van der Waals surface area (Å²) in [5.74, 6) is -0.662. The Kier molecular flexibility index (Phi) is 5.93. The fourth-order valence-electron chi connectivity index (χ4n) is 1.55. The summed E-state index contributed by atoms with van der Waals surface area (Å²) in [5, 5.41) is 0. The molecule has 0 radical (unpaired) electrons. The molecule has 0 aliphatic heterocycles. The molecule has 1 rings (SSSR count). The fraction of sp³-hybridized carbons (Fsp3) is 0.417. The molecule has 0 spiro atoms. The highest BCUT2D eigenvalue weighted by atomic mass is 32.2. The number of carbonyl (C=O) groups is 1. The predicted octanol–water partition coefficient (Wildman–Crippen LogP) is 0.0726. The van der Waals surface area contributed by atoms with Crippen LogP contribution in [0.25, 0.3) is 0 Å². The second kappa shape index (κ2) is 7.22. The maximum atomic E-state index is 12.0. The highest BCUT2D eigenvalue weighted by Crippen LogP contribution is 2.19. The van der Waals surface area contributed by atoms with E-state index >= 15 is 0 Å². The second-order valence-corrected chi connectivity index (χ2v) is 5.80. The Hall–Kier alpha value is -1.64. The Bertz CT molecular complexity index is 572. The Morgan fingerprint density at radius 1 is 1.40 bits per heavy atom. The second-order valence-electron chi connectivity index (χ2n) is 4.07. The van der Waals surface area contributed by atoms with Crippen molar-refractivity contribution in [2.45, 2.75) is 18.2 Å². The Morgan fingerprint density at radius 2 is 2.10 bits per heavy atom. The van der Waals surface area contributed by atoms with E-state index in [1.807, 2.05) is 6.92 Å². The molecule has 0 saturated heterocycles. The molecule has 0 atom stereocenters. The average Bonchev–Trinajstić information content (AvgIpc) is 2.37. The van der Waals surface area contributed by atoms with Gasteiger partial charge in [-0.05, 0) is 31.5 Å². The normalized spacial score (nSPS) is 11.4. The van der Waals surface area contributed by atoms with Gasteiger partial charge in [-0.2, -0.15) is 0 Å². The number of nitrogens with two attached hydrogens (primary N) is 2. The summed E-state index contributed by atoms with van der Waals surface area (Å²) in [6.07, 6.45) is 0.562. The van der Waals surface area contributed by atoms with Crippen LogP contribution < -0.4 is 16.2 Å². The molecule has 0 saturated carbocycles. The van der Waals surface area contributed by atoms with Crippen LogP contribution >= 0.6 is 0 Å². The van der Waals surface area contributed by atoms with Crippen LogP contribution in [-0.4, -0.2) is 34.1 Å². The van der Waals surface area contributed by atoms with Gasteiger partial charge in [0.05, 0.1) is 5.69 Å². The van der Waals surface area contributed by atoms with E-state index in [2.05, 4.69) is 4.72 Å². The topological polar surface area (TPSA) is 125 Å². The minimum atomic E-state index is -3.70. The number of primary amides is 1. The molecule has 0 unspecified atom stereocenters. The molecule has 0 aliphatic rings. The first kappa shape index (κ1) is 16.4. The van der Waals surface area contributed by atoms with Crippen LogP contribution in [0, 0.1) is 0 Å². The van der Waals surface area contributed by atoms with Crippen LogP contribution in [0.5, 0.6) is 0 Å². The van der Waals surface area contributed by atoms with Gasteiger partial charge in [-0.15, -0.1) is 0 Å². The predicted molar refractivity (Wildman–Crippen MR) is 75.7 cm³/mol. The van der Waals surface area contributed by atoms with E-state index in [0.717, 1.165) is 0 Å². The number of ether oxygens (including phenoxy) is 1. The van der Waals surface area contributed by atoms with Gasteiger partial charge in [0.15, 0.2) is 0 Å². The number of rotatable bonds is 8. The monoisotopic (exact) mass is 301 g/mol. The number of nitrogen functional groups attached to an aromatic ring is 1. The van der Waals surface area contributed by atoms with Gasteiger partial charge in [0.1, 0.15) is 4.90 Å². The van der Waals surface area contributed by atoms with Crippen molar-refractivity contribution in [1.29, 1.82) is 0 Å². The van der Waals surface area contributed by atoms with E-state index in [9.17, 15) is 13.2 Å². The largest absolute Gasteiger partial charge is 0.398 e. The summed E-state index contributed by atoms with van der Waals surface area (Å²) in [7, 11) is -3.70. The van der Waals surface area contributed by atoms with Crippen LogP contribution in [-0.2, 0) is 14.8 Å². The average molecular weight is 301 g/mol. The standard InChI is InChI=1S/C12H19N3O4S/c1-2-19-7-3-6-15-20(17,18)11-5-4-9(12(14)16)8-10(11)13/h4-5,8,15H,2-3,6-7,13H2,1H3,(H2,14,16). The molecular weight excluding hydrogens is 282 g/mol. The molecule has 0 heterocycles. The highest BCUT2D eigenvalue weighted by molar-refractivity contribution is 7.89. The van der Waals surface area contributed by atoms with Crippen molar-refractivity contribution in [2.24, 2.45) is 5.73 Å². The van der Waals surface area contributed by atoms with Crippen molar-refractivity contribution in [3.05, 3.63) is 23.8 Å². The third-order valence-corrected chi connectivity index (χ3v) is 4.08. The maximum Gasteiger partial charge on any atom is 0.248 e. The molecule has 8 heteroatoms. The van der Waals surface area contributed by atoms with Crippen molar-refractivity contribution in [2.75, 3.05) is 25.5 Å².